The first kappa shape index (κ1) is 20.7. The van der Waals surface area contributed by atoms with E-state index in [1.54, 1.807) is 12.1 Å². The molecule has 3 nitrogen and oxygen atoms in total. The van der Waals surface area contributed by atoms with Crippen molar-refractivity contribution in [3.8, 4) is 5.75 Å². The fraction of sp³-hybridized carbons (Fsp3) is 0.136. The first-order valence-electron chi connectivity index (χ1n) is 8.64. The molecule has 0 saturated carbocycles. The van der Waals surface area contributed by atoms with E-state index >= 15 is 0 Å². The minimum atomic E-state index is -4.43. The Balaban J connectivity index is 1.89. The molecule has 0 spiro atoms. The van der Waals surface area contributed by atoms with Crippen LogP contribution in [-0.2, 0) is 17.6 Å². The molecule has 0 heterocycles. The second-order valence-corrected chi connectivity index (χ2v) is 6.54. The lowest BCUT2D eigenvalue weighted by molar-refractivity contribution is -0.137. The summed E-state index contributed by atoms with van der Waals surface area (Å²) in [4.78, 5) is 5.00. The average molecular weight is 420 g/mol. The van der Waals surface area contributed by atoms with E-state index in [4.69, 9.17) is 21.2 Å². The van der Waals surface area contributed by atoms with Gasteiger partial charge in [0, 0.05) is 16.1 Å². The number of ether oxygens (including phenoxy) is 1. The first-order chi connectivity index (χ1) is 13.9. The summed E-state index contributed by atoms with van der Waals surface area (Å²) >= 11 is 5.96. The number of rotatable bonds is 6. The lowest BCUT2D eigenvalue weighted by atomic mass is 9.98. The summed E-state index contributed by atoms with van der Waals surface area (Å²) in [7, 11) is 1.44. The van der Waals surface area contributed by atoms with E-state index in [1.165, 1.54) is 19.2 Å². The van der Waals surface area contributed by atoms with Crippen molar-refractivity contribution < 1.29 is 22.7 Å². The third-order valence-electron chi connectivity index (χ3n) is 4.13. The Kier molecular flexibility index (Phi) is 6.44. The van der Waals surface area contributed by atoms with E-state index in [0.717, 1.165) is 28.8 Å². The second kappa shape index (κ2) is 9.01. The van der Waals surface area contributed by atoms with Gasteiger partial charge in [0.15, 0.2) is 0 Å². The maximum absolute atomic E-state index is 12.9. The Hall–Kier alpha value is -2.99. The molecule has 0 bridgehead atoms. The van der Waals surface area contributed by atoms with Gasteiger partial charge >= 0.3 is 6.18 Å². The molecule has 0 N–H and O–H groups in total. The first-order valence-corrected chi connectivity index (χ1v) is 9.01. The van der Waals surface area contributed by atoms with Gasteiger partial charge in [0.05, 0.1) is 5.56 Å². The number of benzene rings is 3. The van der Waals surface area contributed by atoms with Crippen LogP contribution in [0.2, 0.25) is 5.02 Å². The highest BCUT2D eigenvalue weighted by molar-refractivity contribution is 6.30. The number of oxime groups is 1. The number of hydrogen-bond donors (Lipinski definition) is 0. The number of alkyl halides is 3. The van der Waals surface area contributed by atoms with Crippen LogP contribution in [0.5, 0.6) is 5.75 Å². The standard InChI is InChI=1S/C22H17ClF3NO2/c1-28-27-21(15-9-11-18(23)12-10-15)20-8-3-2-5-16(20)14-29-19-7-4-6-17(13-19)22(24,25)26/h2-13H,14H2,1H3/b27-21-. The van der Waals surface area contributed by atoms with Gasteiger partial charge in [-0.25, -0.2) is 0 Å². The van der Waals surface area contributed by atoms with Gasteiger partial charge in [-0.3, -0.25) is 0 Å². The summed E-state index contributed by atoms with van der Waals surface area (Å²) in [5.74, 6) is 0.131. The quantitative estimate of drug-likeness (QED) is 0.345. The normalized spacial score (nSPS) is 12.0. The van der Waals surface area contributed by atoms with Crippen LogP contribution in [0.15, 0.2) is 78.0 Å². The van der Waals surface area contributed by atoms with Gasteiger partial charge in [0.25, 0.3) is 0 Å². The van der Waals surface area contributed by atoms with Crippen molar-refractivity contribution in [1.29, 1.82) is 0 Å². The lowest BCUT2D eigenvalue weighted by Crippen LogP contribution is -2.10. The number of halogens is 4. The lowest BCUT2D eigenvalue weighted by Gasteiger charge is -2.14. The Labute approximate surface area is 171 Å². The van der Waals surface area contributed by atoms with Crippen LogP contribution in [0.25, 0.3) is 0 Å². The van der Waals surface area contributed by atoms with Crippen molar-refractivity contribution in [2.45, 2.75) is 12.8 Å². The molecule has 0 saturated heterocycles. The van der Waals surface area contributed by atoms with Crippen LogP contribution in [0.4, 0.5) is 13.2 Å². The number of nitrogens with zero attached hydrogens (tertiary/aromatic N) is 1. The van der Waals surface area contributed by atoms with Gasteiger partial charge < -0.3 is 9.57 Å². The molecule has 7 heteroatoms. The largest absolute Gasteiger partial charge is 0.489 e. The molecular weight excluding hydrogens is 403 g/mol. The molecule has 0 aliphatic rings. The predicted octanol–water partition coefficient (Wildman–Crippen LogP) is 6.34. The molecule has 3 rings (SSSR count). The van der Waals surface area contributed by atoms with Gasteiger partial charge in [0.1, 0.15) is 25.2 Å². The molecule has 0 fully saturated rings. The highest BCUT2D eigenvalue weighted by atomic mass is 35.5. The van der Waals surface area contributed by atoms with E-state index in [9.17, 15) is 13.2 Å². The molecule has 0 aliphatic carbocycles. The number of hydrogen-bond acceptors (Lipinski definition) is 3. The molecule has 29 heavy (non-hydrogen) atoms. The van der Waals surface area contributed by atoms with Crippen LogP contribution in [-0.4, -0.2) is 12.8 Å². The van der Waals surface area contributed by atoms with Crippen molar-refractivity contribution in [1.82, 2.24) is 0 Å². The van der Waals surface area contributed by atoms with E-state index in [2.05, 4.69) is 5.16 Å². The minimum Gasteiger partial charge on any atom is -0.489 e. The van der Waals surface area contributed by atoms with Gasteiger partial charge in [-0.2, -0.15) is 13.2 Å². The molecule has 3 aromatic rings. The van der Waals surface area contributed by atoms with Gasteiger partial charge in [-0.15, -0.1) is 0 Å². The molecular formula is C22H17ClF3NO2. The van der Waals surface area contributed by atoms with Crippen molar-refractivity contribution in [2.75, 3.05) is 7.11 Å². The van der Waals surface area contributed by atoms with E-state index in [1.807, 2.05) is 36.4 Å². The Morgan fingerprint density at radius 1 is 0.966 bits per heavy atom. The highest BCUT2D eigenvalue weighted by Crippen LogP contribution is 2.31. The molecule has 0 radical (unpaired) electrons. The Morgan fingerprint density at radius 2 is 1.69 bits per heavy atom. The van der Waals surface area contributed by atoms with Crippen molar-refractivity contribution >= 4 is 17.3 Å². The fourth-order valence-corrected chi connectivity index (χ4v) is 2.88. The Bertz CT molecular complexity index is 1000. The molecule has 0 aromatic heterocycles. The maximum Gasteiger partial charge on any atom is 0.416 e. The van der Waals surface area contributed by atoms with Crippen LogP contribution >= 0.6 is 11.6 Å². The zero-order valence-electron chi connectivity index (χ0n) is 15.4. The van der Waals surface area contributed by atoms with Crippen LogP contribution in [0, 0.1) is 0 Å². The maximum atomic E-state index is 12.9. The third kappa shape index (κ3) is 5.29. The van der Waals surface area contributed by atoms with Crippen molar-refractivity contribution in [3.05, 3.63) is 100 Å². The third-order valence-corrected chi connectivity index (χ3v) is 4.38. The summed E-state index contributed by atoms with van der Waals surface area (Å²) in [6.45, 7) is 0.0633. The molecule has 0 amide bonds. The molecule has 0 atom stereocenters. The molecule has 3 aromatic carbocycles. The second-order valence-electron chi connectivity index (χ2n) is 6.10. The molecule has 150 valence electrons. The summed E-state index contributed by atoms with van der Waals surface area (Å²) < 4.78 is 44.4. The summed E-state index contributed by atoms with van der Waals surface area (Å²) in [6.07, 6.45) is -4.43. The summed E-state index contributed by atoms with van der Waals surface area (Å²) in [5.41, 5.74) is 2.07. The predicted molar refractivity (Wildman–Crippen MR) is 106 cm³/mol. The smallest absolute Gasteiger partial charge is 0.416 e. The van der Waals surface area contributed by atoms with Gasteiger partial charge in [-0.1, -0.05) is 59.2 Å². The SMILES string of the molecule is CO/N=C(/c1ccc(Cl)cc1)c1ccccc1COc1cccc(C(F)(F)F)c1. The summed E-state index contributed by atoms with van der Waals surface area (Å²) in [5, 5.41) is 4.72. The Morgan fingerprint density at radius 3 is 2.38 bits per heavy atom. The molecule has 0 aliphatic heterocycles. The van der Waals surface area contributed by atoms with Gasteiger partial charge in [0.2, 0.25) is 0 Å². The monoisotopic (exact) mass is 419 g/mol. The zero-order valence-corrected chi connectivity index (χ0v) is 16.2. The molecule has 0 unspecified atom stereocenters. The summed E-state index contributed by atoms with van der Waals surface area (Å²) in [6, 6.07) is 19.2. The van der Waals surface area contributed by atoms with Crippen molar-refractivity contribution in [3.63, 3.8) is 0 Å². The van der Waals surface area contributed by atoms with E-state index < -0.39 is 11.7 Å². The fourth-order valence-electron chi connectivity index (χ4n) is 2.76. The van der Waals surface area contributed by atoms with Crippen LogP contribution in [0.3, 0.4) is 0 Å². The van der Waals surface area contributed by atoms with E-state index in [0.29, 0.717) is 10.7 Å². The van der Waals surface area contributed by atoms with Gasteiger partial charge in [-0.05, 0) is 35.9 Å². The van der Waals surface area contributed by atoms with Crippen LogP contribution in [0.1, 0.15) is 22.3 Å². The average Bonchev–Trinajstić information content (AvgIpc) is 2.71. The van der Waals surface area contributed by atoms with Crippen molar-refractivity contribution in [2.24, 2.45) is 5.16 Å². The zero-order chi connectivity index (χ0) is 20.9. The minimum absolute atomic E-state index is 0.0633. The van der Waals surface area contributed by atoms with Crippen LogP contribution < -0.4 is 4.74 Å². The van der Waals surface area contributed by atoms with E-state index in [-0.39, 0.29) is 12.4 Å². The highest BCUT2D eigenvalue weighted by Gasteiger charge is 2.30. The topological polar surface area (TPSA) is 30.8 Å².